The number of rotatable bonds is 2. The predicted octanol–water partition coefficient (Wildman–Crippen LogP) is 0.966. The zero-order chi connectivity index (χ0) is 15.1. The number of fused-ring (bicyclic) bond motifs is 1. The fourth-order valence-electron chi connectivity index (χ4n) is 3.01. The highest BCUT2D eigenvalue weighted by molar-refractivity contribution is 6.04. The van der Waals surface area contributed by atoms with E-state index in [0.717, 1.165) is 11.1 Å². The van der Waals surface area contributed by atoms with Gasteiger partial charge in [0, 0.05) is 24.7 Å². The molecule has 1 N–H and O–H groups in total. The molecule has 0 aromatic carbocycles. The molecule has 3 heterocycles. The lowest BCUT2D eigenvalue weighted by atomic mass is 9.98. The molecule has 1 fully saturated rings. The maximum atomic E-state index is 12.5. The molecule has 0 radical (unpaired) electrons. The third kappa shape index (κ3) is 2.20. The van der Waals surface area contributed by atoms with Crippen LogP contribution in [0.4, 0.5) is 0 Å². The highest BCUT2D eigenvalue weighted by Crippen LogP contribution is 2.31. The molecule has 1 aromatic heterocycles. The second-order valence-electron chi connectivity index (χ2n) is 5.78. The van der Waals surface area contributed by atoms with Gasteiger partial charge in [0.1, 0.15) is 11.7 Å². The molecule has 1 aromatic rings. The number of hydrogen-bond donors (Lipinski definition) is 1. The summed E-state index contributed by atoms with van der Waals surface area (Å²) >= 11 is 0. The van der Waals surface area contributed by atoms with Gasteiger partial charge >= 0.3 is 0 Å². The molecule has 0 bridgehead atoms. The Balaban J connectivity index is 1.92. The molecule has 6 nitrogen and oxygen atoms in total. The average Bonchev–Trinajstić information content (AvgIpc) is 2.76. The van der Waals surface area contributed by atoms with Gasteiger partial charge < -0.3 is 4.90 Å². The normalized spacial score (nSPS) is 21.8. The number of aromatic nitrogens is 1. The van der Waals surface area contributed by atoms with Gasteiger partial charge in [-0.15, -0.1) is 0 Å². The summed E-state index contributed by atoms with van der Waals surface area (Å²) in [6.07, 6.45) is 2.28. The Labute approximate surface area is 122 Å². The van der Waals surface area contributed by atoms with Crippen molar-refractivity contribution in [3.8, 4) is 0 Å². The van der Waals surface area contributed by atoms with E-state index < -0.39 is 11.9 Å². The Hall–Kier alpha value is -2.24. The van der Waals surface area contributed by atoms with E-state index in [9.17, 15) is 14.4 Å². The summed E-state index contributed by atoms with van der Waals surface area (Å²) < 4.78 is 0. The number of nitrogens with one attached hydrogen (secondary N) is 1. The molecule has 0 spiro atoms. The number of imide groups is 1. The topological polar surface area (TPSA) is 79.4 Å². The standard InChI is InChI=1S/C15H17N3O3/c1-8(2)9-5-6-16-13-10(9)7-18(15(13)21)11-3-4-12(19)17-14(11)20/h5-6,8,11H,3-4,7H2,1-2H3,(H,17,19,20). The zero-order valence-electron chi connectivity index (χ0n) is 12.0. The molecule has 0 saturated carbocycles. The number of amides is 3. The van der Waals surface area contributed by atoms with Gasteiger partial charge in [0.05, 0.1) is 0 Å². The number of piperidine rings is 1. The first-order valence-corrected chi connectivity index (χ1v) is 7.11. The van der Waals surface area contributed by atoms with E-state index >= 15 is 0 Å². The van der Waals surface area contributed by atoms with Crippen LogP contribution >= 0.6 is 0 Å². The summed E-state index contributed by atoms with van der Waals surface area (Å²) in [5, 5.41) is 2.30. The van der Waals surface area contributed by atoms with Crippen molar-refractivity contribution < 1.29 is 14.4 Å². The Bertz CT molecular complexity index is 639. The molecular formula is C15H17N3O3. The first-order chi connectivity index (χ1) is 9.99. The van der Waals surface area contributed by atoms with E-state index in [1.807, 2.05) is 6.07 Å². The molecule has 3 amide bonds. The van der Waals surface area contributed by atoms with Crippen molar-refractivity contribution in [3.63, 3.8) is 0 Å². The van der Waals surface area contributed by atoms with Crippen LogP contribution in [0.25, 0.3) is 0 Å². The molecule has 2 aliphatic heterocycles. The highest BCUT2D eigenvalue weighted by Gasteiger charge is 2.40. The van der Waals surface area contributed by atoms with Crippen molar-refractivity contribution in [1.29, 1.82) is 0 Å². The van der Waals surface area contributed by atoms with Gasteiger partial charge in [-0.3, -0.25) is 24.7 Å². The number of hydrogen-bond acceptors (Lipinski definition) is 4. The molecule has 1 atom stereocenters. The van der Waals surface area contributed by atoms with Crippen molar-refractivity contribution in [2.45, 2.75) is 45.2 Å². The number of pyridine rings is 1. The van der Waals surface area contributed by atoms with Crippen molar-refractivity contribution in [1.82, 2.24) is 15.2 Å². The Morgan fingerprint density at radius 3 is 2.76 bits per heavy atom. The maximum absolute atomic E-state index is 12.5. The van der Waals surface area contributed by atoms with Crippen molar-refractivity contribution in [2.24, 2.45) is 0 Å². The summed E-state index contributed by atoms with van der Waals surface area (Å²) in [5.74, 6) is -0.599. The van der Waals surface area contributed by atoms with Crippen LogP contribution < -0.4 is 5.32 Å². The summed E-state index contributed by atoms with van der Waals surface area (Å²) in [5.41, 5.74) is 2.43. The lowest BCUT2D eigenvalue weighted by molar-refractivity contribution is -0.136. The van der Waals surface area contributed by atoms with E-state index in [1.165, 1.54) is 4.90 Å². The second-order valence-corrected chi connectivity index (χ2v) is 5.78. The number of nitrogens with zero attached hydrogens (tertiary/aromatic N) is 2. The minimum absolute atomic E-state index is 0.220. The van der Waals surface area contributed by atoms with Gasteiger partial charge in [0.15, 0.2) is 0 Å². The number of carbonyl (C=O) groups excluding carboxylic acids is 3. The summed E-state index contributed by atoms with van der Waals surface area (Å²) in [6, 6.07) is 1.34. The molecule has 6 heteroatoms. The van der Waals surface area contributed by atoms with Crippen LogP contribution in [0.5, 0.6) is 0 Å². The predicted molar refractivity (Wildman–Crippen MR) is 74.4 cm³/mol. The van der Waals surface area contributed by atoms with Crippen LogP contribution in [-0.2, 0) is 16.1 Å². The van der Waals surface area contributed by atoms with Gasteiger partial charge in [0.2, 0.25) is 11.8 Å². The SMILES string of the molecule is CC(C)c1ccnc2c1CN(C1CCC(=O)NC1=O)C2=O. The fraction of sp³-hybridized carbons (Fsp3) is 0.467. The minimum Gasteiger partial charge on any atom is -0.321 e. The van der Waals surface area contributed by atoms with Crippen LogP contribution in [0.1, 0.15) is 54.2 Å². The minimum atomic E-state index is -0.579. The molecule has 21 heavy (non-hydrogen) atoms. The van der Waals surface area contributed by atoms with E-state index in [2.05, 4.69) is 24.1 Å². The molecular weight excluding hydrogens is 270 g/mol. The van der Waals surface area contributed by atoms with Crippen LogP contribution in [0.3, 0.4) is 0 Å². The van der Waals surface area contributed by atoms with Gasteiger partial charge in [-0.25, -0.2) is 0 Å². The molecule has 1 saturated heterocycles. The highest BCUT2D eigenvalue weighted by atomic mass is 16.2. The molecule has 2 aliphatic rings. The first-order valence-electron chi connectivity index (χ1n) is 7.11. The Morgan fingerprint density at radius 1 is 1.33 bits per heavy atom. The lowest BCUT2D eigenvalue weighted by Crippen LogP contribution is -2.52. The average molecular weight is 287 g/mol. The van der Waals surface area contributed by atoms with Crippen LogP contribution in [-0.4, -0.2) is 33.6 Å². The lowest BCUT2D eigenvalue weighted by Gasteiger charge is -2.29. The Morgan fingerprint density at radius 2 is 2.10 bits per heavy atom. The quantitative estimate of drug-likeness (QED) is 0.822. The zero-order valence-corrected chi connectivity index (χ0v) is 12.0. The third-order valence-electron chi connectivity index (χ3n) is 4.09. The number of carbonyl (C=O) groups is 3. The van der Waals surface area contributed by atoms with Crippen LogP contribution in [0.2, 0.25) is 0 Å². The Kier molecular flexibility index (Phi) is 3.23. The summed E-state index contributed by atoms with van der Waals surface area (Å²) in [4.78, 5) is 41.4. The van der Waals surface area contributed by atoms with Crippen LogP contribution in [0.15, 0.2) is 12.3 Å². The van der Waals surface area contributed by atoms with Crippen LogP contribution in [0, 0.1) is 0 Å². The smallest absolute Gasteiger partial charge is 0.273 e. The van der Waals surface area contributed by atoms with Crippen molar-refractivity contribution >= 4 is 17.7 Å². The van der Waals surface area contributed by atoms with Crippen molar-refractivity contribution in [3.05, 3.63) is 29.1 Å². The fourth-order valence-corrected chi connectivity index (χ4v) is 3.01. The van der Waals surface area contributed by atoms with Gasteiger partial charge in [-0.05, 0) is 24.0 Å². The second kappa shape index (κ2) is 4.95. The van der Waals surface area contributed by atoms with Gasteiger partial charge in [-0.2, -0.15) is 0 Å². The van der Waals surface area contributed by atoms with E-state index in [1.54, 1.807) is 6.20 Å². The van der Waals surface area contributed by atoms with E-state index in [0.29, 0.717) is 18.7 Å². The molecule has 3 rings (SSSR count). The molecule has 0 aliphatic carbocycles. The monoisotopic (exact) mass is 287 g/mol. The third-order valence-corrected chi connectivity index (χ3v) is 4.09. The van der Waals surface area contributed by atoms with Crippen molar-refractivity contribution in [2.75, 3.05) is 0 Å². The van der Waals surface area contributed by atoms with Gasteiger partial charge in [0.25, 0.3) is 5.91 Å². The molecule has 110 valence electrons. The summed E-state index contributed by atoms with van der Waals surface area (Å²) in [7, 11) is 0. The van der Waals surface area contributed by atoms with Gasteiger partial charge in [-0.1, -0.05) is 13.8 Å². The molecule has 1 unspecified atom stereocenters. The largest absolute Gasteiger partial charge is 0.321 e. The van der Waals surface area contributed by atoms with E-state index in [-0.39, 0.29) is 24.2 Å². The summed E-state index contributed by atoms with van der Waals surface area (Å²) in [6.45, 7) is 4.52. The maximum Gasteiger partial charge on any atom is 0.273 e. The van der Waals surface area contributed by atoms with E-state index in [4.69, 9.17) is 0 Å². The first kappa shape index (κ1) is 13.7.